The highest BCUT2D eigenvalue weighted by Crippen LogP contribution is 2.26. The molecule has 17 nitrogen and oxygen atoms in total. The van der Waals surface area contributed by atoms with Crippen LogP contribution in [0.2, 0.25) is 0 Å². The number of carbonyl (C=O) groups is 7. The van der Waals surface area contributed by atoms with Gasteiger partial charge in [-0.05, 0) is 50.5 Å². The van der Waals surface area contributed by atoms with Crippen LogP contribution in [0.5, 0.6) is 0 Å². The Balaban J connectivity index is 1.60. The molecule has 0 saturated carbocycles. The number of aromatic amines is 1. The zero-order valence-electron chi connectivity index (χ0n) is 25.7. The van der Waals surface area contributed by atoms with Crippen molar-refractivity contribution in [1.82, 2.24) is 35.7 Å². The maximum absolute atomic E-state index is 13.7. The fourth-order valence-electron chi connectivity index (χ4n) is 5.53. The lowest BCUT2D eigenvalue weighted by molar-refractivity contribution is -0.148. The fourth-order valence-corrected chi connectivity index (χ4v) is 6.00. The molecule has 2 aliphatic heterocycles. The van der Waals surface area contributed by atoms with Crippen molar-refractivity contribution in [2.75, 3.05) is 31.6 Å². The van der Waals surface area contributed by atoms with E-state index < -0.39 is 78.2 Å². The molecule has 18 heteroatoms. The largest absolute Gasteiger partial charge is 0.480 e. The molecule has 0 aliphatic carbocycles. The number of hydrogen-bond acceptors (Lipinski definition) is 10. The molecule has 0 spiro atoms. The Morgan fingerprint density at radius 3 is 2.37 bits per heavy atom. The van der Waals surface area contributed by atoms with Crippen LogP contribution in [0.1, 0.15) is 50.6 Å². The van der Waals surface area contributed by atoms with Gasteiger partial charge in [-0.15, -0.1) is 0 Å². The lowest BCUT2D eigenvalue weighted by atomic mass is 10.1. The summed E-state index contributed by atoms with van der Waals surface area (Å²) in [6.07, 6.45) is 6.74. The Labute approximate surface area is 270 Å². The summed E-state index contributed by atoms with van der Waals surface area (Å²) in [6, 6.07) is -4.92. The SMILES string of the molecule is CSCC[C@H](NC(=O)[C@@H](N)CCC(N)=O)C(=O)N1CCC[C@H]1C(=O)N1CCC[C@H]1C(=O)NCC(=O)N[C@@H](Cc1cnc[nH]1)C(=O)O. The van der Waals surface area contributed by atoms with Crippen molar-refractivity contribution in [2.24, 2.45) is 11.5 Å². The highest BCUT2D eigenvalue weighted by atomic mass is 32.2. The zero-order chi connectivity index (χ0) is 33.8. The average Bonchev–Trinajstić information content (AvgIpc) is 3.82. The molecule has 0 radical (unpaired) electrons. The maximum atomic E-state index is 13.7. The Hall–Kier alpha value is -4.19. The lowest BCUT2D eigenvalue weighted by Crippen LogP contribution is -2.57. The first-order valence-electron chi connectivity index (χ1n) is 15.1. The van der Waals surface area contributed by atoms with E-state index in [1.807, 2.05) is 6.26 Å². The normalized spacial score (nSPS) is 19.6. The van der Waals surface area contributed by atoms with E-state index in [1.165, 1.54) is 34.1 Å². The molecule has 6 amide bonds. The van der Waals surface area contributed by atoms with E-state index >= 15 is 0 Å². The van der Waals surface area contributed by atoms with Crippen molar-refractivity contribution in [1.29, 1.82) is 0 Å². The monoisotopic (exact) mass is 665 g/mol. The van der Waals surface area contributed by atoms with Gasteiger partial charge in [-0.25, -0.2) is 9.78 Å². The summed E-state index contributed by atoms with van der Waals surface area (Å²) in [5.74, 6) is -3.99. The highest BCUT2D eigenvalue weighted by molar-refractivity contribution is 7.98. The molecule has 254 valence electrons. The smallest absolute Gasteiger partial charge is 0.326 e. The van der Waals surface area contributed by atoms with Gasteiger partial charge in [0.15, 0.2) is 0 Å². The third-order valence-electron chi connectivity index (χ3n) is 7.96. The molecule has 9 N–H and O–H groups in total. The predicted molar refractivity (Wildman–Crippen MR) is 166 cm³/mol. The number of aliphatic carboxylic acids is 1. The van der Waals surface area contributed by atoms with Gasteiger partial charge in [0.25, 0.3) is 0 Å². The molecular weight excluding hydrogens is 622 g/mol. The number of H-pyrrole nitrogens is 1. The third kappa shape index (κ3) is 10.2. The van der Waals surface area contributed by atoms with E-state index in [0.717, 1.165) is 0 Å². The molecule has 3 heterocycles. The number of aromatic nitrogens is 2. The van der Waals surface area contributed by atoms with Crippen LogP contribution in [0.3, 0.4) is 0 Å². The van der Waals surface area contributed by atoms with E-state index in [-0.39, 0.29) is 25.8 Å². The number of likely N-dealkylation sites (tertiary alicyclic amines) is 2. The summed E-state index contributed by atoms with van der Waals surface area (Å²) in [5.41, 5.74) is 11.6. The number of nitrogens with one attached hydrogen (secondary N) is 4. The number of amides is 6. The Kier molecular flexibility index (Phi) is 13.8. The molecule has 3 rings (SSSR count). The van der Waals surface area contributed by atoms with Gasteiger partial charge < -0.3 is 47.3 Å². The second kappa shape index (κ2) is 17.5. The second-order valence-electron chi connectivity index (χ2n) is 11.3. The molecule has 0 unspecified atom stereocenters. The summed E-state index contributed by atoms with van der Waals surface area (Å²) in [7, 11) is 0. The molecule has 2 fully saturated rings. The minimum atomic E-state index is -1.25. The molecule has 5 atom stereocenters. The number of carboxylic acids is 1. The molecule has 0 bridgehead atoms. The summed E-state index contributed by atoms with van der Waals surface area (Å²) in [4.78, 5) is 97.8. The Morgan fingerprint density at radius 1 is 1.04 bits per heavy atom. The van der Waals surface area contributed by atoms with Crippen LogP contribution in [0.15, 0.2) is 12.5 Å². The Bertz CT molecular complexity index is 1260. The number of hydrogen-bond donors (Lipinski definition) is 7. The molecular formula is C28H43N9O8S. The molecule has 46 heavy (non-hydrogen) atoms. The number of imidazole rings is 1. The zero-order valence-corrected chi connectivity index (χ0v) is 26.6. The van der Waals surface area contributed by atoms with Crippen molar-refractivity contribution in [3.05, 3.63) is 18.2 Å². The number of carbonyl (C=O) groups excluding carboxylic acids is 6. The number of primary amides is 1. The molecule has 2 saturated heterocycles. The minimum absolute atomic E-state index is 0.0273. The quantitative estimate of drug-likeness (QED) is 0.0911. The summed E-state index contributed by atoms with van der Waals surface area (Å²) in [6.45, 7) is 0.0909. The van der Waals surface area contributed by atoms with Crippen LogP contribution in [0, 0.1) is 0 Å². The summed E-state index contributed by atoms with van der Waals surface area (Å²) < 4.78 is 0. The number of nitrogens with zero attached hydrogens (tertiary/aromatic N) is 3. The van der Waals surface area contributed by atoms with Crippen molar-refractivity contribution in [3.63, 3.8) is 0 Å². The highest BCUT2D eigenvalue weighted by Gasteiger charge is 2.43. The van der Waals surface area contributed by atoms with Gasteiger partial charge in [-0.3, -0.25) is 28.8 Å². The standard InChI is InChI=1S/C28H43N9O8S/c1-46-11-8-18(35-24(40)17(29)6-7-22(30)38)26(42)37-10-3-5-21(37)27(43)36-9-2-4-20(36)25(41)32-14-23(39)34-19(28(44)45)12-16-13-31-15-33-16/h13,15,17-21H,2-12,14,29H2,1H3,(H2,30,38)(H,31,33)(H,32,41)(H,34,39)(H,35,40)(H,44,45)/t17-,18-,19-,20-,21-/m0/s1. The number of nitrogens with two attached hydrogens (primary N) is 2. The van der Waals surface area contributed by atoms with Crippen molar-refractivity contribution in [2.45, 2.75) is 81.6 Å². The van der Waals surface area contributed by atoms with Crippen LogP contribution < -0.4 is 27.4 Å². The number of carboxylic acid groups (broad SMARTS) is 1. The van der Waals surface area contributed by atoms with E-state index in [2.05, 4.69) is 25.9 Å². The first-order chi connectivity index (χ1) is 21.9. The van der Waals surface area contributed by atoms with Gasteiger partial charge in [-0.2, -0.15) is 11.8 Å². The molecule has 1 aromatic rings. The summed E-state index contributed by atoms with van der Waals surface area (Å²) >= 11 is 1.49. The van der Waals surface area contributed by atoms with E-state index in [0.29, 0.717) is 50.1 Å². The molecule has 1 aromatic heterocycles. The molecule has 2 aliphatic rings. The van der Waals surface area contributed by atoms with E-state index in [9.17, 15) is 38.7 Å². The van der Waals surface area contributed by atoms with Gasteiger partial charge >= 0.3 is 5.97 Å². The second-order valence-corrected chi connectivity index (χ2v) is 12.3. The van der Waals surface area contributed by atoms with Crippen LogP contribution in [0.4, 0.5) is 0 Å². The van der Waals surface area contributed by atoms with Crippen LogP contribution in [-0.4, -0.2) is 128 Å². The van der Waals surface area contributed by atoms with Gasteiger partial charge in [0.1, 0.15) is 24.2 Å². The number of thioether (sulfide) groups is 1. The first kappa shape index (κ1) is 36.3. The van der Waals surface area contributed by atoms with Crippen LogP contribution in [0.25, 0.3) is 0 Å². The van der Waals surface area contributed by atoms with Crippen molar-refractivity contribution in [3.8, 4) is 0 Å². The van der Waals surface area contributed by atoms with Gasteiger partial charge in [0.05, 0.1) is 18.9 Å². The van der Waals surface area contributed by atoms with Gasteiger partial charge in [-0.1, -0.05) is 0 Å². The fraction of sp³-hybridized carbons (Fsp3) is 0.643. The third-order valence-corrected chi connectivity index (χ3v) is 8.60. The van der Waals surface area contributed by atoms with Crippen molar-refractivity contribution < 1.29 is 38.7 Å². The first-order valence-corrected chi connectivity index (χ1v) is 16.5. The average molecular weight is 666 g/mol. The lowest BCUT2D eigenvalue weighted by Gasteiger charge is -2.33. The van der Waals surface area contributed by atoms with Crippen LogP contribution >= 0.6 is 11.8 Å². The van der Waals surface area contributed by atoms with Gasteiger partial charge in [0, 0.05) is 37.8 Å². The van der Waals surface area contributed by atoms with Crippen molar-refractivity contribution >= 4 is 53.2 Å². The maximum Gasteiger partial charge on any atom is 0.326 e. The van der Waals surface area contributed by atoms with E-state index in [4.69, 9.17) is 11.5 Å². The van der Waals surface area contributed by atoms with Crippen LogP contribution in [-0.2, 0) is 40.0 Å². The topological polar surface area (TPSA) is 263 Å². The predicted octanol–water partition coefficient (Wildman–Crippen LogP) is -2.55. The van der Waals surface area contributed by atoms with Gasteiger partial charge in [0.2, 0.25) is 35.4 Å². The Morgan fingerprint density at radius 2 is 1.74 bits per heavy atom. The molecule has 0 aromatic carbocycles. The summed E-state index contributed by atoms with van der Waals surface area (Å²) in [5, 5.41) is 17.0. The number of rotatable bonds is 17. The van der Waals surface area contributed by atoms with E-state index in [1.54, 1.807) is 0 Å². The minimum Gasteiger partial charge on any atom is -0.480 e.